The van der Waals surface area contributed by atoms with Crippen LogP contribution < -0.4 is 10.1 Å². The Bertz CT molecular complexity index is 494. The number of esters is 1. The highest BCUT2D eigenvalue weighted by atomic mass is 32.2. The summed E-state index contributed by atoms with van der Waals surface area (Å²) in [6.45, 7) is 1.91. The van der Waals surface area contributed by atoms with Crippen molar-refractivity contribution in [1.82, 2.24) is 9.97 Å². The van der Waals surface area contributed by atoms with Gasteiger partial charge in [0.1, 0.15) is 17.0 Å². The van der Waals surface area contributed by atoms with Crippen molar-refractivity contribution in [1.29, 1.82) is 0 Å². The zero-order valence-electron chi connectivity index (χ0n) is 9.80. The van der Waals surface area contributed by atoms with Gasteiger partial charge in [0.2, 0.25) is 11.8 Å². The number of hydrogen-bond acceptors (Lipinski definition) is 7. The number of rotatable bonds is 3. The second-order valence-corrected chi connectivity index (χ2v) is 4.40. The van der Waals surface area contributed by atoms with E-state index >= 15 is 0 Å². The molecule has 0 bridgehead atoms. The molecule has 0 fully saturated rings. The Labute approximate surface area is 107 Å². The van der Waals surface area contributed by atoms with Crippen molar-refractivity contribution in [2.45, 2.75) is 17.2 Å². The molecule has 1 amide bonds. The van der Waals surface area contributed by atoms with Gasteiger partial charge in [-0.25, -0.2) is 4.98 Å². The molecule has 1 N–H and O–H groups in total. The summed E-state index contributed by atoms with van der Waals surface area (Å²) in [6.07, 6.45) is 1.31. The smallest absolute Gasteiger partial charge is 0.329 e. The Balaban J connectivity index is 2.29. The first kappa shape index (κ1) is 12.6. The first-order valence-corrected chi connectivity index (χ1v) is 6.08. The number of fused-ring (bicyclic) bond motifs is 1. The Morgan fingerprint density at radius 2 is 2.33 bits per heavy atom. The number of carbonyl (C=O) groups is 2. The molecule has 7 nitrogen and oxygen atoms in total. The van der Waals surface area contributed by atoms with Crippen molar-refractivity contribution in [2.75, 3.05) is 19.0 Å². The number of nitrogens with one attached hydrogen (secondary N) is 1. The molecule has 0 saturated heterocycles. The summed E-state index contributed by atoms with van der Waals surface area (Å²) in [5.74, 6) is -0.773. The van der Waals surface area contributed by atoms with Crippen LogP contribution in [-0.4, -0.2) is 40.8 Å². The highest BCUT2D eigenvalue weighted by molar-refractivity contribution is 8.01. The zero-order chi connectivity index (χ0) is 13.1. The van der Waals surface area contributed by atoms with Gasteiger partial charge in [-0.2, -0.15) is 4.98 Å². The van der Waals surface area contributed by atoms with Gasteiger partial charge in [0, 0.05) is 0 Å². The van der Waals surface area contributed by atoms with Crippen molar-refractivity contribution in [3.63, 3.8) is 0 Å². The summed E-state index contributed by atoms with van der Waals surface area (Å²) < 4.78 is 9.84. The lowest BCUT2D eigenvalue weighted by molar-refractivity contribution is -0.144. The third-order valence-corrected chi connectivity index (χ3v) is 3.36. The number of methoxy groups -OCH3 is 1. The summed E-state index contributed by atoms with van der Waals surface area (Å²) in [4.78, 5) is 31.3. The lowest BCUT2D eigenvalue weighted by Gasteiger charge is -2.22. The molecule has 18 heavy (non-hydrogen) atoms. The maximum Gasteiger partial charge on any atom is 0.329 e. The molecule has 2 rings (SSSR count). The van der Waals surface area contributed by atoms with Crippen LogP contribution >= 0.6 is 11.8 Å². The van der Waals surface area contributed by atoms with E-state index in [1.54, 1.807) is 6.92 Å². The quantitative estimate of drug-likeness (QED) is 0.484. The predicted molar refractivity (Wildman–Crippen MR) is 63.5 cm³/mol. The van der Waals surface area contributed by atoms with Gasteiger partial charge in [-0.1, -0.05) is 11.8 Å². The van der Waals surface area contributed by atoms with Crippen LogP contribution in [0.2, 0.25) is 0 Å². The van der Waals surface area contributed by atoms with Crippen molar-refractivity contribution >= 4 is 29.3 Å². The molecular formula is C10H11N3O4S. The van der Waals surface area contributed by atoms with E-state index in [0.29, 0.717) is 10.7 Å². The predicted octanol–water partition coefficient (Wildman–Crippen LogP) is 0.461. The van der Waals surface area contributed by atoms with Gasteiger partial charge in [-0.3, -0.25) is 9.59 Å². The van der Waals surface area contributed by atoms with E-state index in [1.807, 2.05) is 0 Å². The lowest BCUT2D eigenvalue weighted by Crippen LogP contribution is -2.37. The van der Waals surface area contributed by atoms with Crippen LogP contribution in [0.4, 0.5) is 5.69 Å². The fraction of sp³-hybridized carbons (Fsp3) is 0.400. The van der Waals surface area contributed by atoms with Crippen LogP contribution in [0.15, 0.2) is 11.4 Å². The van der Waals surface area contributed by atoms with Crippen molar-refractivity contribution in [3.8, 4) is 5.88 Å². The van der Waals surface area contributed by atoms with Crippen LogP contribution in [0.5, 0.6) is 5.88 Å². The average Bonchev–Trinajstić information content (AvgIpc) is 2.37. The van der Waals surface area contributed by atoms with E-state index in [9.17, 15) is 9.59 Å². The first-order chi connectivity index (χ1) is 8.67. The third kappa shape index (κ3) is 2.23. The van der Waals surface area contributed by atoms with Gasteiger partial charge in [0.05, 0.1) is 13.7 Å². The summed E-state index contributed by atoms with van der Waals surface area (Å²) in [7, 11) is 1.44. The minimum atomic E-state index is -0.947. The Morgan fingerprint density at radius 1 is 1.56 bits per heavy atom. The van der Waals surface area contributed by atoms with Crippen molar-refractivity contribution in [3.05, 3.63) is 6.33 Å². The maximum atomic E-state index is 11.8. The molecule has 1 aliphatic heterocycles. The van der Waals surface area contributed by atoms with Crippen molar-refractivity contribution in [2.24, 2.45) is 0 Å². The standard InChI is InChI=1S/C10H11N3O4S/c1-3-17-10(15)6-7(14)13-5-8(16-2)11-4-12-9(5)18-6/h4,6H,3H2,1-2H3,(H,13,14). The topological polar surface area (TPSA) is 90.4 Å². The first-order valence-electron chi connectivity index (χ1n) is 5.20. The van der Waals surface area contributed by atoms with Gasteiger partial charge in [0.25, 0.3) is 0 Å². The molecule has 1 atom stereocenters. The summed E-state index contributed by atoms with van der Waals surface area (Å²) >= 11 is 1.02. The van der Waals surface area contributed by atoms with Crippen LogP contribution in [0.1, 0.15) is 6.92 Å². The monoisotopic (exact) mass is 269 g/mol. The SMILES string of the molecule is CCOC(=O)C1Sc2ncnc(OC)c2NC1=O. The van der Waals surface area contributed by atoms with Gasteiger partial charge < -0.3 is 14.8 Å². The molecule has 1 aromatic rings. The van der Waals surface area contributed by atoms with E-state index in [-0.39, 0.29) is 12.5 Å². The number of aromatic nitrogens is 2. The molecule has 1 aliphatic rings. The minimum absolute atomic E-state index is 0.225. The molecule has 0 aliphatic carbocycles. The second-order valence-electron chi connectivity index (χ2n) is 3.30. The number of carbonyl (C=O) groups excluding carboxylic acids is 2. The van der Waals surface area contributed by atoms with E-state index in [4.69, 9.17) is 9.47 Å². The number of anilines is 1. The van der Waals surface area contributed by atoms with E-state index < -0.39 is 17.1 Å². The number of amides is 1. The normalized spacial score (nSPS) is 17.7. The molecular weight excluding hydrogens is 258 g/mol. The molecule has 0 saturated carbocycles. The molecule has 0 aromatic carbocycles. The van der Waals surface area contributed by atoms with Gasteiger partial charge in [-0.05, 0) is 6.92 Å². The molecule has 8 heteroatoms. The van der Waals surface area contributed by atoms with Gasteiger partial charge in [-0.15, -0.1) is 0 Å². The lowest BCUT2D eigenvalue weighted by atomic mass is 10.3. The van der Waals surface area contributed by atoms with E-state index in [1.165, 1.54) is 13.4 Å². The summed E-state index contributed by atoms with van der Waals surface area (Å²) in [6, 6.07) is 0. The number of hydrogen-bond donors (Lipinski definition) is 1. The van der Waals surface area contributed by atoms with Crippen LogP contribution in [-0.2, 0) is 14.3 Å². The maximum absolute atomic E-state index is 11.8. The molecule has 96 valence electrons. The Kier molecular flexibility index (Phi) is 3.66. The van der Waals surface area contributed by atoms with Crippen LogP contribution in [0, 0.1) is 0 Å². The highest BCUT2D eigenvalue weighted by Gasteiger charge is 2.36. The third-order valence-electron chi connectivity index (χ3n) is 2.19. The number of nitrogens with zero attached hydrogens (tertiary/aromatic N) is 2. The van der Waals surface area contributed by atoms with Gasteiger partial charge in [0.15, 0.2) is 5.25 Å². The molecule has 2 heterocycles. The molecule has 1 unspecified atom stereocenters. The van der Waals surface area contributed by atoms with E-state index in [0.717, 1.165) is 11.8 Å². The summed E-state index contributed by atoms with van der Waals surface area (Å²) in [5.41, 5.74) is 0.385. The zero-order valence-corrected chi connectivity index (χ0v) is 10.6. The largest absolute Gasteiger partial charge is 0.479 e. The summed E-state index contributed by atoms with van der Waals surface area (Å²) in [5, 5.41) is 2.10. The number of ether oxygens (including phenoxy) is 2. The Morgan fingerprint density at radius 3 is 3.00 bits per heavy atom. The van der Waals surface area contributed by atoms with Crippen LogP contribution in [0.25, 0.3) is 0 Å². The second kappa shape index (κ2) is 5.21. The molecule has 1 aromatic heterocycles. The average molecular weight is 269 g/mol. The fourth-order valence-corrected chi connectivity index (χ4v) is 2.35. The Hall–Kier alpha value is -1.83. The highest BCUT2D eigenvalue weighted by Crippen LogP contribution is 2.38. The van der Waals surface area contributed by atoms with Gasteiger partial charge >= 0.3 is 5.97 Å². The van der Waals surface area contributed by atoms with E-state index in [2.05, 4.69) is 15.3 Å². The fourth-order valence-electron chi connectivity index (χ4n) is 1.43. The molecule has 0 spiro atoms. The van der Waals surface area contributed by atoms with Crippen molar-refractivity contribution < 1.29 is 19.1 Å². The molecule has 0 radical (unpaired) electrons. The number of thioether (sulfide) groups is 1. The van der Waals surface area contributed by atoms with Crippen LogP contribution in [0.3, 0.4) is 0 Å². The minimum Gasteiger partial charge on any atom is -0.479 e.